The number of benzene rings is 1. The Hall–Kier alpha value is -2.09. The van der Waals surface area contributed by atoms with Crippen LogP contribution in [0.2, 0.25) is 0 Å². The molecule has 0 aromatic heterocycles. The smallest absolute Gasteiger partial charge is 0.391 e. The molecule has 0 aliphatic heterocycles. The quantitative estimate of drug-likeness (QED) is 0.706. The van der Waals surface area contributed by atoms with Gasteiger partial charge in [0.15, 0.2) is 0 Å². The Balaban J connectivity index is 2.57. The Bertz CT molecular complexity index is 576. The van der Waals surface area contributed by atoms with E-state index in [9.17, 15) is 27.9 Å². The first-order valence-corrected chi connectivity index (χ1v) is 7.56. The maximum Gasteiger partial charge on any atom is 0.417 e. The number of carbonyl (C=O) groups excluding carboxylic acids is 2. The van der Waals surface area contributed by atoms with Crippen LogP contribution in [0.3, 0.4) is 0 Å². The largest absolute Gasteiger partial charge is 0.417 e. The van der Waals surface area contributed by atoms with E-state index in [1.165, 1.54) is 12.1 Å². The SMILES string of the molecule is CCC(C)C(O)CNC(=O)CNC(=O)c1ccccc1C(F)(F)F. The number of halogens is 3. The number of aliphatic hydroxyl groups excluding tert-OH is 1. The zero-order valence-corrected chi connectivity index (χ0v) is 13.5. The molecule has 0 aliphatic carbocycles. The molecule has 2 unspecified atom stereocenters. The molecule has 0 aliphatic rings. The first-order chi connectivity index (χ1) is 11.2. The Kier molecular flexibility index (Phi) is 7.21. The maximum absolute atomic E-state index is 12.8. The lowest BCUT2D eigenvalue weighted by molar-refractivity contribution is -0.137. The number of hydrogen-bond donors (Lipinski definition) is 3. The fraction of sp³-hybridized carbons (Fsp3) is 0.500. The lowest BCUT2D eigenvalue weighted by Gasteiger charge is -2.17. The summed E-state index contributed by atoms with van der Waals surface area (Å²) in [6, 6.07) is 4.34. The number of alkyl halides is 3. The van der Waals surface area contributed by atoms with Crippen LogP contribution in [0.5, 0.6) is 0 Å². The molecule has 0 fully saturated rings. The molecule has 2 amide bonds. The number of hydrogen-bond acceptors (Lipinski definition) is 3. The van der Waals surface area contributed by atoms with Crippen LogP contribution in [-0.2, 0) is 11.0 Å². The van der Waals surface area contributed by atoms with Crippen molar-refractivity contribution in [3.63, 3.8) is 0 Å². The fourth-order valence-electron chi connectivity index (χ4n) is 1.94. The minimum absolute atomic E-state index is 0.00134. The molecule has 0 spiro atoms. The van der Waals surface area contributed by atoms with Crippen molar-refractivity contribution in [2.24, 2.45) is 5.92 Å². The highest BCUT2D eigenvalue weighted by molar-refractivity contribution is 5.97. The summed E-state index contributed by atoms with van der Waals surface area (Å²) in [6.07, 6.45) is -4.64. The monoisotopic (exact) mass is 346 g/mol. The Labute approximate surface area is 138 Å². The summed E-state index contributed by atoms with van der Waals surface area (Å²) in [6.45, 7) is 3.27. The van der Waals surface area contributed by atoms with E-state index < -0.39 is 41.8 Å². The number of nitrogens with one attached hydrogen (secondary N) is 2. The minimum atomic E-state index is -4.66. The van der Waals surface area contributed by atoms with Crippen molar-refractivity contribution in [2.75, 3.05) is 13.1 Å². The first-order valence-electron chi connectivity index (χ1n) is 7.56. The standard InChI is InChI=1S/C16H21F3N2O3/c1-3-10(2)13(22)8-20-14(23)9-21-15(24)11-6-4-5-7-12(11)16(17,18)19/h4-7,10,13,22H,3,8-9H2,1-2H3,(H,20,23)(H,21,24). The van der Waals surface area contributed by atoms with E-state index in [4.69, 9.17) is 0 Å². The average molecular weight is 346 g/mol. The van der Waals surface area contributed by atoms with Crippen molar-refractivity contribution in [1.82, 2.24) is 10.6 Å². The maximum atomic E-state index is 12.8. The molecule has 3 N–H and O–H groups in total. The Morgan fingerprint density at radius 2 is 1.83 bits per heavy atom. The van der Waals surface area contributed by atoms with Crippen molar-refractivity contribution in [2.45, 2.75) is 32.5 Å². The van der Waals surface area contributed by atoms with E-state index in [-0.39, 0.29) is 12.5 Å². The summed E-state index contributed by atoms with van der Waals surface area (Å²) in [5.74, 6) is -1.57. The molecule has 0 radical (unpaired) electrons. The van der Waals surface area contributed by atoms with Crippen molar-refractivity contribution < 1.29 is 27.9 Å². The second kappa shape index (κ2) is 8.68. The van der Waals surface area contributed by atoms with E-state index in [2.05, 4.69) is 10.6 Å². The van der Waals surface area contributed by atoms with Gasteiger partial charge in [-0.05, 0) is 18.1 Å². The Morgan fingerprint density at radius 3 is 2.42 bits per heavy atom. The average Bonchev–Trinajstić information content (AvgIpc) is 2.55. The van der Waals surface area contributed by atoms with Crippen LogP contribution >= 0.6 is 0 Å². The molecule has 5 nitrogen and oxygen atoms in total. The van der Waals surface area contributed by atoms with Gasteiger partial charge in [0.1, 0.15) is 0 Å². The van der Waals surface area contributed by atoms with E-state index in [1.54, 1.807) is 0 Å². The lowest BCUT2D eigenvalue weighted by atomic mass is 10.0. The zero-order valence-electron chi connectivity index (χ0n) is 13.5. The third-order valence-electron chi connectivity index (χ3n) is 3.70. The van der Waals surface area contributed by atoms with Crippen molar-refractivity contribution in [1.29, 1.82) is 0 Å². The Morgan fingerprint density at radius 1 is 1.21 bits per heavy atom. The molecule has 0 heterocycles. The second-order valence-corrected chi connectivity index (χ2v) is 5.48. The van der Waals surface area contributed by atoms with Gasteiger partial charge in [0.05, 0.1) is 23.8 Å². The van der Waals surface area contributed by atoms with Gasteiger partial charge in [-0.3, -0.25) is 9.59 Å². The van der Waals surface area contributed by atoms with Gasteiger partial charge in [-0.2, -0.15) is 13.2 Å². The van der Waals surface area contributed by atoms with Gasteiger partial charge < -0.3 is 15.7 Å². The second-order valence-electron chi connectivity index (χ2n) is 5.48. The highest BCUT2D eigenvalue weighted by Crippen LogP contribution is 2.31. The molecule has 8 heteroatoms. The lowest BCUT2D eigenvalue weighted by Crippen LogP contribution is -2.41. The third kappa shape index (κ3) is 5.84. The van der Waals surface area contributed by atoms with E-state index in [0.29, 0.717) is 0 Å². The van der Waals surface area contributed by atoms with Gasteiger partial charge in [-0.25, -0.2) is 0 Å². The first kappa shape index (κ1) is 20.0. The fourth-order valence-corrected chi connectivity index (χ4v) is 1.94. The normalized spacial score (nSPS) is 13.9. The van der Waals surface area contributed by atoms with E-state index in [0.717, 1.165) is 18.6 Å². The molecule has 1 rings (SSSR count). The molecule has 0 saturated carbocycles. The van der Waals surface area contributed by atoms with E-state index in [1.807, 2.05) is 13.8 Å². The molecular formula is C16H21F3N2O3. The minimum Gasteiger partial charge on any atom is -0.391 e. The highest BCUT2D eigenvalue weighted by atomic mass is 19.4. The molecular weight excluding hydrogens is 325 g/mol. The van der Waals surface area contributed by atoms with Crippen LogP contribution in [0.25, 0.3) is 0 Å². The highest BCUT2D eigenvalue weighted by Gasteiger charge is 2.34. The predicted molar refractivity (Wildman–Crippen MR) is 82.2 cm³/mol. The number of rotatable bonds is 7. The van der Waals surface area contributed by atoms with Gasteiger partial charge >= 0.3 is 6.18 Å². The molecule has 24 heavy (non-hydrogen) atoms. The van der Waals surface area contributed by atoms with Crippen LogP contribution in [0.4, 0.5) is 13.2 Å². The summed E-state index contributed by atoms with van der Waals surface area (Å²) in [5, 5.41) is 14.3. The molecule has 0 saturated heterocycles. The number of carbonyl (C=O) groups is 2. The van der Waals surface area contributed by atoms with Crippen LogP contribution in [0, 0.1) is 5.92 Å². The van der Waals surface area contributed by atoms with Crippen LogP contribution in [-0.4, -0.2) is 36.1 Å². The number of aliphatic hydroxyl groups is 1. The number of amides is 2. The molecule has 2 atom stereocenters. The summed E-state index contributed by atoms with van der Waals surface area (Å²) >= 11 is 0. The summed E-state index contributed by atoms with van der Waals surface area (Å²) < 4.78 is 38.5. The molecule has 1 aromatic carbocycles. The summed E-state index contributed by atoms with van der Waals surface area (Å²) in [7, 11) is 0. The van der Waals surface area contributed by atoms with Crippen molar-refractivity contribution >= 4 is 11.8 Å². The molecule has 0 bridgehead atoms. The topological polar surface area (TPSA) is 78.4 Å². The third-order valence-corrected chi connectivity index (χ3v) is 3.70. The van der Waals surface area contributed by atoms with Crippen LogP contribution in [0.1, 0.15) is 36.2 Å². The van der Waals surface area contributed by atoms with Gasteiger partial charge in [-0.15, -0.1) is 0 Å². The summed E-state index contributed by atoms with van der Waals surface area (Å²) in [4.78, 5) is 23.5. The predicted octanol–water partition coefficient (Wildman–Crippen LogP) is 1.96. The van der Waals surface area contributed by atoms with Crippen LogP contribution < -0.4 is 10.6 Å². The summed E-state index contributed by atoms with van der Waals surface area (Å²) in [5.41, 5.74) is -1.60. The molecule has 134 valence electrons. The van der Waals surface area contributed by atoms with Crippen molar-refractivity contribution in [3.05, 3.63) is 35.4 Å². The zero-order chi connectivity index (χ0) is 18.3. The van der Waals surface area contributed by atoms with Gasteiger partial charge in [-0.1, -0.05) is 32.4 Å². The van der Waals surface area contributed by atoms with Gasteiger partial charge in [0.25, 0.3) is 5.91 Å². The van der Waals surface area contributed by atoms with E-state index >= 15 is 0 Å². The van der Waals surface area contributed by atoms with Gasteiger partial charge in [0, 0.05) is 6.54 Å². The van der Waals surface area contributed by atoms with Crippen molar-refractivity contribution in [3.8, 4) is 0 Å². The van der Waals surface area contributed by atoms with Crippen LogP contribution in [0.15, 0.2) is 24.3 Å². The molecule has 1 aromatic rings. The van der Waals surface area contributed by atoms with Gasteiger partial charge in [0.2, 0.25) is 5.91 Å².